The molecule has 1 unspecified atom stereocenters. The molecule has 1 atom stereocenters. The third-order valence-electron chi connectivity index (χ3n) is 0.185. The SMILES string of the molecule is CC#CS(=O)[O-].[W]. The van der Waals surface area contributed by atoms with Crippen LogP contribution in [0.1, 0.15) is 6.92 Å². The summed E-state index contributed by atoms with van der Waals surface area (Å²) in [6, 6.07) is 0. The molecule has 7 heavy (non-hydrogen) atoms. The summed E-state index contributed by atoms with van der Waals surface area (Å²) in [5, 5.41) is 1.88. The zero-order valence-corrected chi connectivity index (χ0v) is 7.38. The number of rotatable bonds is 0. The van der Waals surface area contributed by atoms with Gasteiger partial charge >= 0.3 is 0 Å². The Bertz CT molecular complexity index is 112. The maximum Gasteiger partial charge on any atom is 0.0247 e. The van der Waals surface area contributed by atoms with Gasteiger partial charge in [0, 0.05) is 32.1 Å². The summed E-state index contributed by atoms with van der Waals surface area (Å²) in [5.74, 6) is 2.20. The van der Waals surface area contributed by atoms with E-state index in [1.165, 1.54) is 6.92 Å². The van der Waals surface area contributed by atoms with E-state index in [2.05, 4.69) is 5.92 Å². The molecule has 0 rings (SSSR count). The third kappa shape index (κ3) is 10.7. The summed E-state index contributed by atoms with van der Waals surface area (Å²) in [6.07, 6.45) is 0. The molecule has 0 N–H and O–H groups in total. The molecule has 0 fully saturated rings. The van der Waals surface area contributed by atoms with Crippen molar-refractivity contribution in [3.63, 3.8) is 0 Å². The van der Waals surface area contributed by atoms with E-state index in [-0.39, 0.29) is 21.1 Å². The number of hydrogen-bond donors (Lipinski definition) is 0. The first-order valence-electron chi connectivity index (χ1n) is 1.29. The molecule has 0 aromatic heterocycles. The Kier molecular flexibility index (Phi) is 9.41. The van der Waals surface area contributed by atoms with Crippen LogP contribution in [-0.4, -0.2) is 8.76 Å². The van der Waals surface area contributed by atoms with Crippen LogP contribution in [0.4, 0.5) is 0 Å². The van der Waals surface area contributed by atoms with Crippen molar-refractivity contribution in [2.75, 3.05) is 0 Å². The molecule has 0 aromatic rings. The fraction of sp³-hybridized carbons (Fsp3) is 0.333. The second kappa shape index (κ2) is 6.36. The van der Waals surface area contributed by atoms with Crippen LogP contribution >= 0.6 is 0 Å². The van der Waals surface area contributed by atoms with Crippen molar-refractivity contribution in [3.8, 4) is 11.2 Å². The van der Waals surface area contributed by atoms with E-state index in [0.29, 0.717) is 0 Å². The van der Waals surface area contributed by atoms with Gasteiger partial charge in [-0.05, 0) is 12.2 Å². The molecule has 0 heterocycles. The molecule has 0 aliphatic rings. The zero-order chi connectivity index (χ0) is 4.99. The molecular weight excluding hydrogens is 284 g/mol. The largest absolute Gasteiger partial charge is 0.762 e. The van der Waals surface area contributed by atoms with Crippen molar-refractivity contribution in [2.45, 2.75) is 6.92 Å². The van der Waals surface area contributed by atoms with Crippen LogP contribution in [0, 0.1) is 11.2 Å². The van der Waals surface area contributed by atoms with Crippen molar-refractivity contribution < 1.29 is 29.8 Å². The van der Waals surface area contributed by atoms with Gasteiger partial charge < -0.3 is 4.55 Å². The molecule has 0 bridgehead atoms. The summed E-state index contributed by atoms with van der Waals surface area (Å²) in [7, 11) is 0. The minimum absolute atomic E-state index is 0. The average molecular weight is 287 g/mol. The predicted molar refractivity (Wildman–Crippen MR) is 22.4 cm³/mol. The van der Waals surface area contributed by atoms with Gasteiger partial charge in [-0.25, -0.2) is 0 Å². The Labute approximate surface area is 59.2 Å². The van der Waals surface area contributed by atoms with Crippen molar-refractivity contribution >= 4 is 11.1 Å². The minimum atomic E-state index is -2.18. The quantitative estimate of drug-likeness (QED) is 0.459. The Hall–Kier alpha value is 0.358. The first-order chi connectivity index (χ1) is 2.77. The van der Waals surface area contributed by atoms with E-state index in [4.69, 9.17) is 0 Å². The monoisotopic (exact) mass is 287 g/mol. The van der Waals surface area contributed by atoms with Crippen LogP contribution in [0.2, 0.25) is 0 Å². The fourth-order valence-corrected chi connectivity index (χ4v) is 0.250. The van der Waals surface area contributed by atoms with Gasteiger partial charge in [0.15, 0.2) is 0 Å². The first-order valence-corrected chi connectivity index (χ1v) is 2.36. The van der Waals surface area contributed by atoms with Crippen molar-refractivity contribution in [3.05, 3.63) is 0 Å². The van der Waals surface area contributed by atoms with Gasteiger partial charge in [-0.3, -0.25) is 4.21 Å². The normalized spacial score (nSPS) is 10.0. The van der Waals surface area contributed by atoms with Crippen molar-refractivity contribution in [2.24, 2.45) is 0 Å². The molecular formula is C3H3O2SW-. The third-order valence-corrected chi connectivity index (χ3v) is 0.556. The van der Waals surface area contributed by atoms with Crippen LogP contribution < -0.4 is 0 Å². The van der Waals surface area contributed by atoms with E-state index >= 15 is 0 Å². The summed E-state index contributed by atoms with van der Waals surface area (Å²) < 4.78 is 18.9. The van der Waals surface area contributed by atoms with Gasteiger partial charge in [-0.2, -0.15) is 0 Å². The van der Waals surface area contributed by atoms with Gasteiger partial charge in [0.25, 0.3) is 0 Å². The maximum absolute atomic E-state index is 9.43. The molecule has 4 heteroatoms. The van der Waals surface area contributed by atoms with Crippen LogP contribution in [0.3, 0.4) is 0 Å². The van der Waals surface area contributed by atoms with Gasteiger partial charge in [-0.1, -0.05) is 5.92 Å². The maximum atomic E-state index is 9.43. The van der Waals surface area contributed by atoms with Gasteiger partial charge in [0.2, 0.25) is 0 Å². The Morgan fingerprint density at radius 1 is 1.71 bits per heavy atom. The van der Waals surface area contributed by atoms with E-state index in [1.807, 2.05) is 5.25 Å². The summed E-state index contributed by atoms with van der Waals surface area (Å²) in [5.41, 5.74) is 0. The van der Waals surface area contributed by atoms with Crippen LogP contribution in [0.15, 0.2) is 0 Å². The summed E-state index contributed by atoms with van der Waals surface area (Å²) >= 11 is -2.18. The van der Waals surface area contributed by atoms with Crippen LogP contribution in [-0.2, 0) is 32.1 Å². The molecule has 2 nitrogen and oxygen atoms in total. The van der Waals surface area contributed by atoms with Crippen molar-refractivity contribution in [1.29, 1.82) is 0 Å². The fourth-order valence-electron chi connectivity index (χ4n) is 0.0833. The van der Waals surface area contributed by atoms with E-state index in [9.17, 15) is 8.76 Å². The smallest absolute Gasteiger partial charge is 0.0247 e. The average Bonchev–Trinajstić information content (AvgIpc) is 1.35. The second-order valence-corrected chi connectivity index (χ2v) is 1.26. The van der Waals surface area contributed by atoms with Crippen LogP contribution in [0.25, 0.3) is 0 Å². The van der Waals surface area contributed by atoms with Gasteiger partial charge in [0.1, 0.15) is 0 Å². The molecule has 0 aliphatic carbocycles. The topological polar surface area (TPSA) is 40.1 Å². The molecule has 0 aliphatic heterocycles. The molecule has 0 saturated heterocycles. The van der Waals surface area contributed by atoms with E-state index < -0.39 is 11.1 Å². The Balaban J connectivity index is 0. The van der Waals surface area contributed by atoms with Gasteiger partial charge in [0.05, 0.1) is 0 Å². The Morgan fingerprint density at radius 3 is 2.14 bits per heavy atom. The zero-order valence-electron chi connectivity index (χ0n) is 3.63. The molecule has 0 saturated carbocycles. The molecule has 0 radical (unpaired) electrons. The van der Waals surface area contributed by atoms with Crippen molar-refractivity contribution in [1.82, 2.24) is 0 Å². The van der Waals surface area contributed by atoms with E-state index in [0.717, 1.165) is 0 Å². The predicted octanol–water partition coefficient (Wildman–Crippen LogP) is -0.156. The second-order valence-electron chi connectivity index (χ2n) is 0.587. The Morgan fingerprint density at radius 2 is 2.14 bits per heavy atom. The van der Waals surface area contributed by atoms with Crippen LogP contribution in [0.5, 0.6) is 0 Å². The molecule has 40 valence electrons. The molecule has 0 aromatic carbocycles. The minimum Gasteiger partial charge on any atom is -0.762 e. The summed E-state index contributed by atoms with van der Waals surface area (Å²) in [6.45, 7) is 1.47. The molecule has 0 amide bonds. The molecule has 0 spiro atoms. The number of hydrogen-bond acceptors (Lipinski definition) is 2. The standard InChI is InChI=1S/C3H4O2S.W/c1-2-3-6(4)5;/h1H3,(H,4,5);/p-1. The van der Waals surface area contributed by atoms with E-state index in [1.54, 1.807) is 0 Å². The van der Waals surface area contributed by atoms with Gasteiger partial charge in [-0.15, -0.1) is 0 Å². The first kappa shape index (κ1) is 10.4. The summed E-state index contributed by atoms with van der Waals surface area (Å²) in [4.78, 5) is 0.